The Morgan fingerprint density at radius 3 is 1.35 bits per heavy atom. The predicted molar refractivity (Wildman–Crippen MR) is 163 cm³/mol. The summed E-state index contributed by atoms with van der Waals surface area (Å²) in [6.45, 7) is 8.88. The maximum atomic E-state index is 2.36. The molecule has 0 fully saturated rings. The quantitative estimate of drug-likeness (QED) is 0.172. The Hall–Kier alpha value is -4.10. The lowest BCUT2D eigenvalue weighted by atomic mass is 9.58. The summed E-state index contributed by atoms with van der Waals surface area (Å²) in [5.74, 6) is 0. The lowest BCUT2D eigenvalue weighted by molar-refractivity contribution is 1.40. The molecule has 1 radical (unpaired) electrons. The summed E-state index contributed by atoms with van der Waals surface area (Å²) in [6, 6.07) is 39.1. The minimum absolute atomic E-state index is 1.22. The van der Waals surface area contributed by atoms with E-state index in [9.17, 15) is 0 Å². The molecule has 37 heavy (non-hydrogen) atoms. The molecule has 5 aromatic rings. The van der Waals surface area contributed by atoms with E-state index >= 15 is 0 Å². The highest BCUT2D eigenvalue weighted by Crippen LogP contribution is 2.26. The van der Waals surface area contributed by atoms with Gasteiger partial charge in [-0.25, -0.2) is 0 Å². The van der Waals surface area contributed by atoms with E-state index in [0.717, 1.165) is 0 Å². The third-order valence-electron chi connectivity index (χ3n) is 7.09. The van der Waals surface area contributed by atoms with Gasteiger partial charge in [-0.3, -0.25) is 0 Å². The monoisotopic (exact) mass is 475 g/mol. The highest BCUT2D eigenvalue weighted by atomic mass is 14.1. The minimum atomic E-state index is 1.22. The summed E-state index contributed by atoms with van der Waals surface area (Å²) in [7, 11) is 2.36. The second-order valence-electron chi connectivity index (χ2n) is 9.92. The molecule has 5 aromatic carbocycles. The van der Waals surface area contributed by atoms with Crippen LogP contribution in [0.2, 0.25) is 0 Å². The topological polar surface area (TPSA) is 0 Å². The van der Waals surface area contributed by atoms with Crippen molar-refractivity contribution in [2.75, 3.05) is 0 Å². The van der Waals surface area contributed by atoms with Gasteiger partial charge in [-0.1, -0.05) is 155 Å². The third-order valence-corrected chi connectivity index (χ3v) is 7.09. The zero-order valence-electron chi connectivity index (χ0n) is 22.1. The molecule has 0 heterocycles. The molecule has 0 saturated heterocycles. The summed E-state index contributed by atoms with van der Waals surface area (Å²) in [4.78, 5) is 0. The molecule has 0 saturated carbocycles. The Kier molecular flexibility index (Phi) is 7.24. The Morgan fingerprint density at radius 1 is 0.405 bits per heavy atom. The molecule has 179 valence electrons. The summed E-state index contributed by atoms with van der Waals surface area (Å²) in [5, 5.41) is 0. The molecule has 5 rings (SSSR count). The number of hydrogen-bond acceptors (Lipinski definition) is 0. The smallest absolute Gasteiger partial charge is 0.0756 e. The van der Waals surface area contributed by atoms with E-state index < -0.39 is 0 Å². The number of aryl methyl sites for hydroxylation is 4. The van der Waals surface area contributed by atoms with E-state index in [1.54, 1.807) is 0 Å². The molecular formula is C36H32B. The molecule has 0 bridgehead atoms. The van der Waals surface area contributed by atoms with Gasteiger partial charge in [0.05, 0.1) is 0 Å². The zero-order chi connectivity index (χ0) is 25.8. The summed E-state index contributed by atoms with van der Waals surface area (Å²) >= 11 is 0. The van der Waals surface area contributed by atoms with Gasteiger partial charge in [0.25, 0.3) is 0 Å². The van der Waals surface area contributed by atoms with Crippen molar-refractivity contribution in [2.45, 2.75) is 27.7 Å². The Balaban J connectivity index is 1.38. The van der Waals surface area contributed by atoms with E-state index in [1.807, 2.05) is 6.07 Å². The van der Waals surface area contributed by atoms with Gasteiger partial charge in [-0.05, 0) is 61.1 Å². The van der Waals surface area contributed by atoms with Crippen LogP contribution in [0.25, 0.3) is 34.4 Å². The fourth-order valence-corrected chi connectivity index (χ4v) is 5.09. The Bertz CT molecular complexity index is 1500. The van der Waals surface area contributed by atoms with E-state index in [0.29, 0.717) is 0 Å². The van der Waals surface area contributed by atoms with Gasteiger partial charge in [0, 0.05) is 0 Å². The zero-order valence-corrected chi connectivity index (χ0v) is 22.1. The molecule has 0 aromatic heterocycles. The van der Waals surface area contributed by atoms with Crippen LogP contribution in [0, 0.1) is 27.7 Å². The first-order chi connectivity index (χ1) is 18.0. The van der Waals surface area contributed by atoms with Crippen LogP contribution < -0.4 is 10.9 Å². The normalized spacial score (nSPS) is 11.1. The van der Waals surface area contributed by atoms with Gasteiger partial charge in [0.1, 0.15) is 0 Å². The first-order valence-electron chi connectivity index (χ1n) is 12.9. The van der Waals surface area contributed by atoms with Crippen LogP contribution in [0.3, 0.4) is 0 Å². The van der Waals surface area contributed by atoms with Crippen LogP contribution >= 0.6 is 0 Å². The fourth-order valence-electron chi connectivity index (χ4n) is 5.09. The lowest BCUT2D eigenvalue weighted by Gasteiger charge is -2.16. The van der Waals surface area contributed by atoms with Gasteiger partial charge in [-0.15, -0.1) is 0 Å². The van der Waals surface area contributed by atoms with Crippen molar-refractivity contribution in [1.82, 2.24) is 0 Å². The average molecular weight is 475 g/mol. The van der Waals surface area contributed by atoms with Crippen LogP contribution in [0.1, 0.15) is 33.4 Å². The first kappa shape index (κ1) is 24.6. The largest absolute Gasteiger partial charge is 0.192 e. The summed E-state index contributed by atoms with van der Waals surface area (Å²) in [5.41, 5.74) is 15.3. The Labute approximate surface area is 222 Å². The molecule has 1 heteroatoms. The number of hydrogen-bond donors (Lipinski definition) is 0. The molecule has 0 amide bonds. The minimum Gasteiger partial charge on any atom is -0.0756 e. The van der Waals surface area contributed by atoms with Gasteiger partial charge < -0.3 is 0 Å². The van der Waals surface area contributed by atoms with E-state index in [2.05, 4.69) is 150 Å². The second kappa shape index (κ2) is 10.9. The third kappa shape index (κ3) is 5.68. The van der Waals surface area contributed by atoms with Crippen molar-refractivity contribution in [3.05, 3.63) is 143 Å². The molecular weight excluding hydrogens is 443 g/mol. The summed E-state index contributed by atoms with van der Waals surface area (Å²) < 4.78 is 0. The van der Waals surface area contributed by atoms with Crippen LogP contribution in [0.15, 0.2) is 109 Å². The maximum Gasteiger partial charge on any atom is 0.192 e. The highest BCUT2D eigenvalue weighted by molar-refractivity contribution is 6.69. The highest BCUT2D eigenvalue weighted by Gasteiger charge is 2.13. The number of rotatable bonds is 6. The van der Waals surface area contributed by atoms with Crippen molar-refractivity contribution >= 4 is 30.4 Å². The van der Waals surface area contributed by atoms with Crippen LogP contribution in [0.5, 0.6) is 0 Å². The van der Waals surface area contributed by atoms with Gasteiger partial charge >= 0.3 is 0 Å². The van der Waals surface area contributed by atoms with Crippen LogP contribution in [-0.2, 0) is 0 Å². The fraction of sp³-hybridized carbons (Fsp3) is 0.111. The van der Waals surface area contributed by atoms with Crippen molar-refractivity contribution in [1.29, 1.82) is 0 Å². The molecule has 0 atom stereocenters. The molecule has 0 N–H and O–H groups in total. The summed E-state index contributed by atoms with van der Waals surface area (Å²) in [6.07, 6.45) is 4.38. The molecule has 0 nitrogen and oxygen atoms in total. The average Bonchev–Trinajstić information content (AvgIpc) is 2.92. The lowest BCUT2D eigenvalue weighted by Crippen LogP contribution is -2.34. The van der Waals surface area contributed by atoms with Gasteiger partial charge in [0.15, 0.2) is 7.28 Å². The van der Waals surface area contributed by atoms with E-state index in [-0.39, 0.29) is 0 Å². The first-order valence-corrected chi connectivity index (χ1v) is 12.9. The molecule has 0 aliphatic rings. The maximum absolute atomic E-state index is 2.36. The molecule has 0 spiro atoms. The van der Waals surface area contributed by atoms with Crippen LogP contribution in [-0.4, -0.2) is 7.28 Å². The predicted octanol–water partition coefficient (Wildman–Crippen LogP) is 8.08. The Morgan fingerprint density at radius 2 is 0.811 bits per heavy atom. The molecule has 0 aliphatic heterocycles. The van der Waals surface area contributed by atoms with E-state index in [1.165, 1.54) is 66.6 Å². The molecule has 0 aliphatic carbocycles. The second-order valence-corrected chi connectivity index (χ2v) is 9.92. The van der Waals surface area contributed by atoms with Crippen molar-refractivity contribution in [3.63, 3.8) is 0 Å². The van der Waals surface area contributed by atoms with Crippen molar-refractivity contribution < 1.29 is 0 Å². The molecule has 0 unspecified atom stereocenters. The van der Waals surface area contributed by atoms with Gasteiger partial charge in [-0.2, -0.15) is 0 Å². The standard InChI is InChI=1S/C36H32B/c1-25-21-30(16-15-29-11-7-5-8-12-29)22-26(2)35(25)37-36-27(3)23-34(24-28(36)4)33-19-17-32(18-20-33)31-13-9-6-10-14-31/h5-24H,1-4H3. The van der Waals surface area contributed by atoms with Gasteiger partial charge in [0.2, 0.25) is 0 Å². The van der Waals surface area contributed by atoms with E-state index in [4.69, 9.17) is 0 Å². The van der Waals surface area contributed by atoms with Crippen LogP contribution in [0.4, 0.5) is 0 Å². The van der Waals surface area contributed by atoms with Crippen molar-refractivity contribution in [2.24, 2.45) is 0 Å². The number of benzene rings is 5. The van der Waals surface area contributed by atoms with Crippen molar-refractivity contribution in [3.8, 4) is 22.3 Å². The SMILES string of the molecule is Cc1cc(C=Cc2ccccc2)cc(C)c1[B]c1c(C)cc(-c2ccc(-c3ccccc3)cc2)cc1C.